The fourth-order valence-corrected chi connectivity index (χ4v) is 2.26. The van der Waals surface area contributed by atoms with Gasteiger partial charge in [-0.1, -0.05) is 18.2 Å². The molecule has 0 saturated carbocycles. The van der Waals surface area contributed by atoms with Gasteiger partial charge in [-0.2, -0.15) is 0 Å². The Kier molecular flexibility index (Phi) is 6.28. The third-order valence-electron chi connectivity index (χ3n) is 3.48. The minimum Gasteiger partial charge on any atom is -0.462 e. The Balaban J connectivity index is 2.05. The van der Waals surface area contributed by atoms with Gasteiger partial charge in [-0.3, -0.25) is 9.59 Å². The topological polar surface area (TPSA) is 75.7 Å². The normalized spacial score (nSPS) is 10.0. The van der Waals surface area contributed by atoms with E-state index >= 15 is 0 Å². The molecule has 25 heavy (non-hydrogen) atoms. The number of hydrogen-bond acceptors (Lipinski definition) is 4. The Labute approximate surface area is 146 Å². The predicted octanol–water partition coefficient (Wildman–Crippen LogP) is 2.85. The number of carbonyl (C=O) groups excluding carboxylic acids is 3. The molecule has 0 atom stereocenters. The largest absolute Gasteiger partial charge is 0.462 e. The predicted molar refractivity (Wildman–Crippen MR) is 95.5 cm³/mol. The van der Waals surface area contributed by atoms with Crippen molar-refractivity contribution < 1.29 is 19.1 Å². The van der Waals surface area contributed by atoms with Gasteiger partial charge in [-0.15, -0.1) is 0 Å². The van der Waals surface area contributed by atoms with Gasteiger partial charge in [0, 0.05) is 17.9 Å². The monoisotopic (exact) mass is 340 g/mol. The number of anilines is 2. The van der Waals surface area contributed by atoms with Crippen molar-refractivity contribution in [2.45, 2.75) is 13.8 Å². The molecule has 2 aromatic carbocycles. The molecule has 130 valence electrons. The smallest absolute Gasteiger partial charge is 0.338 e. The number of ether oxygens (including phenoxy) is 1. The molecule has 0 bridgehead atoms. The molecule has 6 nitrogen and oxygen atoms in total. The van der Waals surface area contributed by atoms with E-state index in [1.807, 2.05) is 6.07 Å². The number of nitrogens with zero attached hydrogens (tertiary/aromatic N) is 1. The minimum absolute atomic E-state index is 0.290. The Morgan fingerprint density at radius 2 is 1.60 bits per heavy atom. The van der Waals surface area contributed by atoms with E-state index in [1.165, 1.54) is 17.0 Å². The summed E-state index contributed by atoms with van der Waals surface area (Å²) in [6, 6.07) is 15.2. The van der Waals surface area contributed by atoms with E-state index < -0.39 is 17.8 Å². The second kappa shape index (κ2) is 8.63. The number of hydrogen-bond donors (Lipinski definition) is 1. The first kappa shape index (κ1) is 18.2. The molecule has 2 amide bonds. The Morgan fingerprint density at radius 1 is 0.960 bits per heavy atom. The van der Waals surface area contributed by atoms with Gasteiger partial charge in [0.25, 0.3) is 0 Å². The standard InChI is InChI=1S/C19H20N2O4/c1-3-21(16-8-6-5-7-9-16)18(23)17(22)20-15-12-10-14(11-13-15)19(24)25-4-2/h5-13H,3-4H2,1-2H3,(H,20,22). The molecule has 0 spiro atoms. The molecule has 0 aromatic heterocycles. The van der Waals surface area contributed by atoms with Crippen LogP contribution in [0.5, 0.6) is 0 Å². The molecule has 1 N–H and O–H groups in total. The zero-order valence-corrected chi connectivity index (χ0v) is 14.2. The van der Waals surface area contributed by atoms with Crippen molar-refractivity contribution in [1.29, 1.82) is 0 Å². The van der Waals surface area contributed by atoms with E-state index in [0.717, 1.165) is 0 Å². The fraction of sp³-hybridized carbons (Fsp3) is 0.211. The van der Waals surface area contributed by atoms with E-state index in [9.17, 15) is 14.4 Å². The Morgan fingerprint density at radius 3 is 2.16 bits per heavy atom. The SMILES string of the molecule is CCOC(=O)c1ccc(NC(=O)C(=O)N(CC)c2ccccc2)cc1. The Hall–Kier alpha value is -3.15. The van der Waals surface area contributed by atoms with Crippen LogP contribution in [0, 0.1) is 0 Å². The molecule has 0 aliphatic heterocycles. The minimum atomic E-state index is -0.741. The van der Waals surface area contributed by atoms with Crippen LogP contribution in [-0.2, 0) is 14.3 Å². The van der Waals surface area contributed by atoms with Crippen LogP contribution in [0.1, 0.15) is 24.2 Å². The van der Waals surface area contributed by atoms with Gasteiger partial charge < -0.3 is 15.0 Å². The summed E-state index contributed by atoms with van der Waals surface area (Å²) in [6.45, 7) is 4.19. The van der Waals surface area contributed by atoms with Crippen molar-refractivity contribution in [2.24, 2.45) is 0 Å². The molecular formula is C19H20N2O4. The lowest BCUT2D eigenvalue weighted by Gasteiger charge is -2.20. The summed E-state index contributed by atoms with van der Waals surface area (Å²) in [5.74, 6) is -1.82. The second-order valence-corrected chi connectivity index (χ2v) is 5.14. The van der Waals surface area contributed by atoms with Crippen LogP contribution >= 0.6 is 0 Å². The van der Waals surface area contributed by atoms with Crippen LogP contribution in [0.2, 0.25) is 0 Å². The number of amides is 2. The first-order chi connectivity index (χ1) is 12.1. The average molecular weight is 340 g/mol. The lowest BCUT2D eigenvalue weighted by atomic mass is 10.2. The zero-order chi connectivity index (χ0) is 18.2. The maximum absolute atomic E-state index is 12.4. The molecule has 0 fully saturated rings. The van der Waals surface area contributed by atoms with Crippen molar-refractivity contribution >= 4 is 29.2 Å². The molecule has 2 rings (SSSR count). The van der Waals surface area contributed by atoms with Gasteiger partial charge in [-0.25, -0.2) is 4.79 Å². The number of carbonyl (C=O) groups is 3. The van der Waals surface area contributed by atoms with E-state index in [-0.39, 0.29) is 6.61 Å². The highest BCUT2D eigenvalue weighted by molar-refractivity contribution is 6.44. The van der Waals surface area contributed by atoms with Gasteiger partial charge in [0.15, 0.2) is 0 Å². The number of rotatable bonds is 5. The van der Waals surface area contributed by atoms with Crippen molar-refractivity contribution in [1.82, 2.24) is 0 Å². The summed E-state index contributed by atoms with van der Waals surface area (Å²) in [6.07, 6.45) is 0. The molecule has 0 aliphatic carbocycles. The molecule has 0 radical (unpaired) electrons. The first-order valence-electron chi connectivity index (χ1n) is 8.01. The maximum Gasteiger partial charge on any atom is 0.338 e. The van der Waals surface area contributed by atoms with Crippen LogP contribution in [0.4, 0.5) is 11.4 Å². The van der Waals surface area contributed by atoms with Gasteiger partial charge in [0.1, 0.15) is 0 Å². The molecule has 0 unspecified atom stereocenters. The highest BCUT2D eigenvalue weighted by Gasteiger charge is 2.22. The first-order valence-corrected chi connectivity index (χ1v) is 8.01. The van der Waals surface area contributed by atoms with E-state index in [2.05, 4.69) is 5.32 Å². The van der Waals surface area contributed by atoms with Gasteiger partial charge in [0.2, 0.25) is 0 Å². The van der Waals surface area contributed by atoms with Crippen LogP contribution in [0.15, 0.2) is 54.6 Å². The van der Waals surface area contributed by atoms with Crippen molar-refractivity contribution in [3.8, 4) is 0 Å². The molecular weight excluding hydrogens is 320 g/mol. The summed E-state index contributed by atoms with van der Waals surface area (Å²) in [4.78, 5) is 37.6. The second-order valence-electron chi connectivity index (χ2n) is 5.14. The number of para-hydroxylation sites is 1. The van der Waals surface area contributed by atoms with Crippen LogP contribution in [0.25, 0.3) is 0 Å². The molecule has 6 heteroatoms. The average Bonchev–Trinajstić information content (AvgIpc) is 2.64. The van der Waals surface area contributed by atoms with E-state index in [1.54, 1.807) is 50.2 Å². The summed E-state index contributed by atoms with van der Waals surface area (Å²) >= 11 is 0. The lowest BCUT2D eigenvalue weighted by molar-refractivity contribution is -0.134. The third-order valence-corrected chi connectivity index (χ3v) is 3.48. The molecule has 0 aliphatic rings. The highest BCUT2D eigenvalue weighted by atomic mass is 16.5. The van der Waals surface area contributed by atoms with Crippen molar-refractivity contribution in [3.63, 3.8) is 0 Å². The number of esters is 1. The van der Waals surface area contributed by atoms with Gasteiger partial charge in [0.05, 0.1) is 12.2 Å². The third kappa shape index (κ3) is 4.67. The highest BCUT2D eigenvalue weighted by Crippen LogP contribution is 2.15. The van der Waals surface area contributed by atoms with E-state index in [4.69, 9.17) is 4.74 Å². The summed E-state index contributed by atoms with van der Waals surface area (Å²) < 4.78 is 4.90. The van der Waals surface area contributed by atoms with Crippen molar-refractivity contribution in [2.75, 3.05) is 23.4 Å². The van der Waals surface area contributed by atoms with Crippen molar-refractivity contribution in [3.05, 3.63) is 60.2 Å². The van der Waals surface area contributed by atoms with Crippen LogP contribution in [0.3, 0.4) is 0 Å². The molecule has 2 aromatic rings. The lowest BCUT2D eigenvalue weighted by Crippen LogP contribution is -2.39. The zero-order valence-electron chi connectivity index (χ0n) is 14.2. The quantitative estimate of drug-likeness (QED) is 0.671. The fourth-order valence-electron chi connectivity index (χ4n) is 2.26. The summed E-state index contributed by atoms with van der Waals surface area (Å²) in [5.41, 5.74) is 1.46. The van der Waals surface area contributed by atoms with Crippen LogP contribution < -0.4 is 10.2 Å². The van der Waals surface area contributed by atoms with Gasteiger partial charge in [-0.05, 0) is 50.2 Å². The number of benzene rings is 2. The molecule has 0 saturated heterocycles. The van der Waals surface area contributed by atoms with Crippen LogP contribution in [-0.4, -0.2) is 30.9 Å². The van der Waals surface area contributed by atoms with E-state index in [0.29, 0.717) is 23.5 Å². The summed E-state index contributed by atoms with van der Waals surface area (Å²) in [7, 11) is 0. The number of likely N-dealkylation sites (N-methyl/N-ethyl adjacent to an activating group) is 1. The molecule has 0 heterocycles. The Bertz CT molecular complexity index is 742. The van der Waals surface area contributed by atoms with Gasteiger partial charge >= 0.3 is 17.8 Å². The number of nitrogens with one attached hydrogen (secondary N) is 1. The maximum atomic E-state index is 12.4. The summed E-state index contributed by atoms with van der Waals surface area (Å²) in [5, 5.41) is 2.54.